The molecule has 3 rings (SSSR count). The van der Waals surface area contributed by atoms with Crippen LogP contribution in [0.4, 0.5) is 4.39 Å². The number of halogens is 1. The number of H-pyrrole nitrogens is 1. The molecule has 1 saturated carbocycles. The lowest BCUT2D eigenvalue weighted by atomic mass is 10.0. The van der Waals surface area contributed by atoms with Gasteiger partial charge in [0, 0.05) is 0 Å². The molecule has 5 nitrogen and oxygen atoms in total. The average Bonchev–Trinajstić information content (AvgIpc) is 3.10. The highest BCUT2D eigenvalue weighted by molar-refractivity contribution is 5.92. The molecule has 0 radical (unpaired) electrons. The van der Waals surface area contributed by atoms with Gasteiger partial charge in [0.2, 0.25) is 0 Å². The summed E-state index contributed by atoms with van der Waals surface area (Å²) in [6, 6.07) is 6.15. The highest BCUT2D eigenvalue weighted by atomic mass is 19.1. The van der Waals surface area contributed by atoms with E-state index in [2.05, 4.69) is 20.7 Å². The fourth-order valence-electron chi connectivity index (χ4n) is 2.10. The number of hydrogen-bond acceptors (Lipinski definition) is 3. The number of nitrogens with one attached hydrogen (secondary N) is 2. The molecule has 1 amide bonds. The monoisotopic (exact) mass is 260 g/mol. The summed E-state index contributed by atoms with van der Waals surface area (Å²) in [5, 5.41) is 12.7. The van der Waals surface area contributed by atoms with Gasteiger partial charge < -0.3 is 5.32 Å². The Morgan fingerprint density at radius 2 is 2.11 bits per heavy atom. The Balaban J connectivity index is 1.78. The molecular weight excluding hydrogens is 247 g/mol. The summed E-state index contributed by atoms with van der Waals surface area (Å²) in [7, 11) is 0. The van der Waals surface area contributed by atoms with E-state index in [9.17, 15) is 9.18 Å². The molecule has 0 bridgehead atoms. The van der Waals surface area contributed by atoms with E-state index in [4.69, 9.17) is 0 Å². The third kappa shape index (κ3) is 2.62. The Morgan fingerprint density at radius 1 is 1.37 bits per heavy atom. The quantitative estimate of drug-likeness (QED) is 0.881. The zero-order valence-electron chi connectivity index (χ0n) is 10.1. The van der Waals surface area contributed by atoms with E-state index in [1.54, 1.807) is 12.1 Å². The van der Waals surface area contributed by atoms with E-state index in [1.165, 1.54) is 18.3 Å². The highest BCUT2D eigenvalue weighted by Gasteiger charge is 2.33. The van der Waals surface area contributed by atoms with Gasteiger partial charge in [0.25, 0.3) is 5.91 Å². The van der Waals surface area contributed by atoms with Crippen LogP contribution in [0.5, 0.6) is 0 Å². The first-order valence-corrected chi connectivity index (χ1v) is 6.16. The summed E-state index contributed by atoms with van der Waals surface area (Å²) < 4.78 is 12.9. The van der Waals surface area contributed by atoms with Crippen LogP contribution >= 0.6 is 0 Å². The maximum absolute atomic E-state index is 12.9. The average molecular weight is 260 g/mol. The molecule has 2 N–H and O–H groups in total. The van der Waals surface area contributed by atoms with Crippen molar-refractivity contribution < 1.29 is 9.18 Å². The number of amides is 1. The third-order valence-electron chi connectivity index (χ3n) is 3.26. The molecule has 0 saturated heterocycles. The van der Waals surface area contributed by atoms with E-state index in [-0.39, 0.29) is 23.5 Å². The number of nitrogens with zero attached hydrogens (tertiary/aromatic N) is 2. The molecule has 98 valence electrons. The van der Waals surface area contributed by atoms with Crippen LogP contribution in [0.15, 0.2) is 30.5 Å². The first kappa shape index (κ1) is 11.8. The van der Waals surface area contributed by atoms with Crippen molar-refractivity contribution in [1.82, 2.24) is 20.7 Å². The molecular formula is C13H13FN4O. The fourth-order valence-corrected chi connectivity index (χ4v) is 2.10. The molecule has 1 aromatic carbocycles. The molecule has 1 aliphatic carbocycles. The Kier molecular flexibility index (Phi) is 2.98. The van der Waals surface area contributed by atoms with Gasteiger partial charge >= 0.3 is 0 Å². The Hall–Kier alpha value is -2.24. The van der Waals surface area contributed by atoms with Gasteiger partial charge in [-0.15, -0.1) is 0 Å². The standard InChI is InChI=1S/C13H13FN4O/c14-10-5-3-9(4-6-10)12(8-1-2-8)16-13(19)11-7-15-18-17-11/h3-8,12H,1-2H2,(H,16,19)(H,15,17,18). The van der Waals surface area contributed by atoms with E-state index in [0.717, 1.165) is 18.4 Å². The number of hydrogen-bond donors (Lipinski definition) is 2. The molecule has 1 fully saturated rings. The summed E-state index contributed by atoms with van der Waals surface area (Å²) in [6.45, 7) is 0. The SMILES string of the molecule is O=C(NC(c1ccc(F)cc1)C1CC1)c1cn[nH]n1. The van der Waals surface area contributed by atoms with Crippen LogP contribution in [-0.2, 0) is 0 Å². The van der Waals surface area contributed by atoms with Gasteiger partial charge in [0.1, 0.15) is 5.82 Å². The minimum atomic E-state index is -0.277. The Labute approximate surface area is 109 Å². The second-order valence-electron chi connectivity index (χ2n) is 4.70. The van der Waals surface area contributed by atoms with Crippen LogP contribution in [0.3, 0.4) is 0 Å². The first-order chi connectivity index (χ1) is 9.24. The number of benzene rings is 1. The van der Waals surface area contributed by atoms with E-state index in [0.29, 0.717) is 5.92 Å². The topological polar surface area (TPSA) is 70.7 Å². The summed E-state index contributed by atoms with van der Waals surface area (Å²) in [5.74, 6) is -0.127. The Morgan fingerprint density at radius 3 is 2.68 bits per heavy atom. The second kappa shape index (κ2) is 4.79. The number of carbonyl (C=O) groups is 1. The van der Waals surface area contributed by atoms with E-state index < -0.39 is 0 Å². The lowest BCUT2D eigenvalue weighted by Gasteiger charge is -2.18. The molecule has 1 aliphatic rings. The summed E-state index contributed by atoms with van der Waals surface area (Å²) in [6.07, 6.45) is 3.52. The minimum absolute atomic E-state index is 0.0928. The van der Waals surface area contributed by atoms with Crippen molar-refractivity contribution >= 4 is 5.91 Å². The lowest BCUT2D eigenvalue weighted by Crippen LogP contribution is -2.30. The summed E-state index contributed by atoms with van der Waals surface area (Å²) >= 11 is 0. The predicted octanol–water partition coefficient (Wildman–Crippen LogP) is 1.82. The van der Waals surface area contributed by atoms with Crippen molar-refractivity contribution in [2.75, 3.05) is 0 Å². The van der Waals surface area contributed by atoms with Gasteiger partial charge in [0.15, 0.2) is 5.69 Å². The molecule has 2 aromatic rings. The van der Waals surface area contributed by atoms with Crippen LogP contribution in [0.1, 0.15) is 34.9 Å². The van der Waals surface area contributed by atoms with Gasteiger partial charge in [-0.05, 0) is 36.5 Å². The largest absolute Gasteiger partial charge is 0.344 e. The lowest BCUT2D eigenvalue weighted by molar-refractivity contribution is 0.0926. The van der Waals surface area contributed by atoms with Crippen LogP contribution < -0.4 is 5.32 Å². The molecule has 0 aliphatic heterocycles. The van der Waals surface area contributed by atoms with Crippen molar-refractivity contribution in [2.45, 2.75) is 18.9 Å². The van der Waals surface area contributed by atoms with Gasteiger partial charge in [0.05, 0.1) is 12.2 Å². The van der Waals surface area contributed by atoms with Gasteiger partial charge in [-0.2, -0.15) is 15.4 Å². The van der Waals surface area contributed by atoms with Gasteiger partial charge in [-0.25, -0.2) is 4.39 Å². The molecule has 19 heavy (non-hydrogen) atoms. The predicted molar refractivity (Wildman–Crippen MR) is 65.7 cm³/mol. The molecule has 1 heterocycles. The number of rotatable bonds is 4. The fraction of sp³-hybridized carbons (Fsp3) is 0.308. The second-order valence-corrected chi connectivity index (χ2v) is 4.70. The summed E-state index contributed by atoms with van der Waals surface area (Å²) in [4.78, 5) is 12.0. The zero-order valence-corrected chi connectivity index (χ0v) is 10.1. The van der Waals surface area contributed by atoms with Crippen LogP contribution in [-0.4, -0.2) is 21.3 Å². The van der Waals surface area contributed by atoms with Crippen LogP contribution in [0.25, 0.3) is 0 Å². The number of carbonyl (C=O) groups excluding carboxylic acids is 1. The van der Waals surface area contributed by atoms with Crippen LogP contribution in [0.2, 0.25) is 0 Å². The number of aromatic nitrogens is 3. The van der Waals surface area contributed by atoms with Crippen molar-refractivity contribution in [2.24, 2.45) is 5.92 Å². The molecule has 0 spiro atoms. The van der Waals surface area contributed by atoms with Crippen molar-refractivity contribution in [3.8, 4) is 0 Å². The molecule has 6 heteroatoms. The minimum Gasteiger partial charge on any atom is -0.344 e. The molecule has 1 aromatic heterocycles. The van der Waals surface area contributed by atoms with Crippen molar-refractivity contribution in [3.63, 3.8) is 0 Å². The molecule has 1 unspecified atom stereocenters. The third-order valence-corrected chi connectivity index (χ3v) is 3.26. The highest BCUT2D eigenvalue weighted by Crippen LogP contribution is 2.41. The Bertz CT molecular complexity index is 563. The first-order valence-electron chi connectivity index (χ1n) is 6.16. The van der Waals surface area contributed by atoms with Crippen LogP contribution in [0, 0.1) is 11.7 Å². The molecule has 1 atom stereocenters. The van der Waals surface area contributed by atoms with Gasteiger partial charge in [-0.3, -0.25) is 4.79 Å². The van der Waals surface area contributed by atoms with Crippen molar-refractivity contribution in [1.29, 1.82) is 0 Å². The van der Waals surface area contributed by atoms with E-state index in [1.807, 2.05) is 0 Å². The van der Waals surface area contributed by atoms with E-state index >= 15 is 0 Å². The maximum Gasteiger partial charge on any atom is 0.273 e. The number of aromatic amines is 1. The summed E-state index contributed by atoms with van der Waals surface area (Å²) in [5.41, 5.74) is 1.17. The van der Waals surface area contributed by atoms with Crippen molar-refractivity contribution in [3.05, 3.63) is 47.5 Å². The smallest absolute Gasteiger partial charge is 0.273 e. The maximum atomic E-state index is 12.9. The van der Waals surface area contributed by atoms with Gasteiger partial charge in [-0.1, -0.05) is 12.1 Å². The zero-order chi connectivity index (χ0) is 13.2. The normalized spacial score (nSPS) is 16.1.